The van der Waals surface area contributed by atoms with Crippen LogP contribution in [-0.2, 0) is 6.42 Å². The fourth-order valence-corrected chi connectivity index (χ4v) is 5.99. The zero-order chi connectivity index (χ0) is 23.2. The Morgan fingerprint density at radius 1 is 1.15 bits per heavy atom. The quantitative estimate of drug-likeness (QED) is 0.508. The lowest BCUT2D eigenvalue weighted by molar-refractivity contribution is 0.186. The van der Waals surface area contributed by atoms with E-state index in [0.29, 0.717) is 15.9 Å². The number of methoxy groups -OCH3 is 1. The second-order valence-electron chi connectivity index (χ2n) is 8.57. The molecule has 1 aliphatic heterocycles. The first kappa shape index (κ1) is 22.1. The van der Waals surface area contributed by atoms with Crippen LogP contribution < -0.4 is 26.8 Å². The van der Waals surface area contributed by atoms with Gasteiger partial charge in [0.05, 0.1) is 18.3 Å². The van der Waals surface area contributed by atoms with Gasteiger partial charge in [-0.15, -0.1) is 0 Å². The third kappa shape index (κ3) is 3.84. The van der Waals surface area contributed by atoms with Crippen LogP contribution in [0, 0.1) is 5.41 Å². The van der Waals surface area contributed by atoms with E-state index in [1.165, 1.54) is 17.3 Å². The van der Waals surface area contributed by atoms with Gasteiger partial charge in [-0.2, -0.15) is 0 Å². The first-order valence-electron chi connectivity index (χ1n) is 10.8. The van der Waals surface area contributed by atoms with Crippen molar-refractivity contribution in [1.82, 2.24) is 15.0 Å². The maximum absolute atomic E-state index is 6.78. The van der Waals surface area contributed by atoms with Gasteiger partial charge in [0.1, 0.15) is 22.4 Å². The van der Waals surface area contributed by atoms with Gasteiger partial charge in [-0.1, -0.05) is 35.5 Å². The molecule has 172 valence electrons. The number of hydrogen-bond donors (Lipinski definition) is 3. The molecule has 5 rings (SSSR count). The number of halogens is 1. The van der Waals surface area contributed by atoms with Crippen molar-refractivity contribution in [1.29, 1.82) is 0 Å². The number of nitrogen functional groups attached to an aromatic ring is 2. The lowest BCUT2D eigenvalue weighted by Gasteiger charge is -2.42. The number of hydrogen-bond acceptors (Lipinski definition) is 9. The van der Waals surface area contributed by atoms with Crippen molar-refractivity contribution in [2.45, 2.75) is 35.2 Å². The number of benzene rings is 1. The predicted octanol–water partition coefficient (Wildman–Crippen LogP) is 3.69. The van der Waals surface area contributed by atoms with Crippen LogP contribution in [0.25, 0.3) is 0 Å². The third-order valence-corrected chi connectivity index (χ3v) is 8.39. The highest BCUT2D eigenvalue weighted by atomic mass is 35.5. The van der Waals surface area contributed by atoms with Crippen LogP contribution >= 0.6 is 23.4 Å². The molecular weight excluding hydrogens is 458 g/mol. The minimum atomic E-state index is -0.0294. The second kappa shape index (κ2) is 8.55. The van der Waals surface area contributed by atoms with Crippen molar-refractivity contribution in [3.63, 3.8) is 0 Å². The monoisotopic (exact) mass is 483 g/mol. The molecule has 0 radical (unpaired) electrons. The second-order valence-corrected chi connectivity index (χ2v) is 9.97. The van der Waals surface area contributed by atoms with Crippen LogP contribution in [0.1, 0.15) is 30.0 Å². The van der Waals surface area contributed by atoms with Crippen molar-refractivity contribution in [3.8, 4) is 5.75 Å². The Labute approximate surface area is 201 Å². The molecule has 1 saturated heterocycles. The minimum Gasteiger partial charge on any atom is -0.496 e. The van der Waals surface area contributed by atoms with E-state index < -0.39 is 0 Å². The topological polar surface area (TPSA) is 129 Å². The van der Waals surface area contributed by atoms with E-state index >= 15 is 0 Å². The summed E-state index contributed by atoms with van der Waals surface area (Å²) in [6.45, 7) is 1.69. The molecule has 1 aromatic carbocycles. The summed E-state index contributed by atoms with van der Waals surface area (Å²) in [5.41, 5.74) is 21.3. The molecule has 2 aliphatic rings. The molecule has 8 nitrogen and oxygen atoms in total. The highest BCUT2D eigenvalue weighted by Crippen LogP contribution is 2.53. The summed E-state index contributed by atoms with van der Waals surface area (Å²) in [5, 5.41) is 0.972. The molecule has 6 N–H and O–H groups in total. The normalized spacial score (nSPS) is 19.0. The summed E-state index contributed by atoms with van der Waals surface area (Å²) in [7, 11) is 1.71. The number of nitrogens with two attached hydrogens (primary N) is 3. The first-order valence-corrected chi connectivity index (χ1v) is 12.0. The number of fused-ring (bicyclic) bond motifs is 1. The van der Waals surface area contributed by atoms with Gasteiger partial charge in [0.25, 0.3) is 0 Å². The molecule has 0 amide bonds. The van der Waals surface area contributed by atoms with E-state index in [-0.39, 0.29) is 17.3 Å². The number of nitrogens with zero attached hydrogens (tertiary/aromatic N) is 4. The summed E-state index contributed by atoms with van der Waals surface area (Å²) in [4.78, 5) is 16.1. The number of aromatic nitrogens is 3. The summed E-state index contributed by atoms with van der Waals surface area (Å²) in [6.07, 6.45) is 6.29. The zero-order valence-corrected chi connectivity index (χ0v) is 19.9. The fourth-order valence-electron chi connectivity index (χ4n) is 4.98. The summed E-state index contributed by atoms with van der Waals surface area (Å²) >= 11 is 7.57. The van der Waals surface area contributed by atoms with Crippen LogP contribution in [0.3, 0.4) is 0 Å². The molecule has 1 aliphatic carbocycles. The minimum absolute atomic E-state index is 0.0294. The fraction of sp³-hybridized carbons (Fsp3) is 0.348. The zero-order valence-electron chi connectivity index (χ0n) is 18.3. The molecule has 1 spiro atoms. The largest absolute Gasteiger partial charge is 0.496 e. The molecule has 0 bridgehead atoms. The van der Waals surface area contributed by atoms with Crippen molar-refractivity contribution in [3.05, 3.63) is 52.8 Å². The lowest BCUT2D eigenvalue weighted by atomic mass is 9.73. The predicted molar refractivity (Wildman–Crippen MR) is 132 cm³/mol. The van der Waals surface area contributed by atoms with Gasteiger partial charge in [-0.25, -0.2) is 15.0 Å². The van der Waals surface area contributed by atoms with Gasteiger partial charge < -0.3 is 26.8 Å². The number of ether oxygens (including phenoxy) is 1. The van der Waals surface area contributed by atoms with Crippen LogP contribution in [0.5, 0.6) is 5.75 Å². The Bertz CT molecular complexity index is 1200. The third-order valence-electron chi connectivity index (χ3n) is 6.81. The Balaban J connectivity index is 1.30. The van der Waals surface area contributed by atoms with Gasteiger partial charge in [-0.05, 0) is 42.4 Å². The standard InChI is InChI=1S/C23H26ClN7OS/c1-32-14-4-2-3-13-11-23(19(25)17(13)14)6-9-31(10-7-23)16-12-29-22(21(27)30-16)33-15-5-8-28-20(26)18(15)24/h2-5,8,12,19H,6-7,9-11,25H2,1H3,(H2,26,28)(H2,27,30). The Kier molecular flexibility index (Phi) is 5.72. The van der Waals surface area contributed by atoms with Crippen molar-refractivity contribution in [2.24, 2.45) is 11.1 Å². The van der Waals surface area contributed by atoms with Crippen molar-refractivity contribution >= 4 is 40.8 Å². The van der Waals surface area contributed by atoms with Gasteiger partial charge in [0.15, 0.2) is 5.82 Å². The molecule has 1 unspecified atom stereocenters. The summed E-state index contributed by atoms with van der Waals surface area (Å²) in [6, 6.07) is 7.96. The Morgan fingerprint density at radius 2 is 1.94 bits per heavy atom. The van der Waals surface area contributed by atoms with E-state index in [2.05, 4.69) is 25.9 Å². The van der Waals surface area contributed by atoms with E-state index in [0.717, 1.165) is 54.4 Å². The Hall–Kier alpha value is -2.75. The smallest absolute Gasteiger partial charge is 0.158 e. The number of anilines is 3. The Morgan fingerprint density at radius 3 is 2.67 bits per heavy atom. The molecule has 3 aromatic rings. The van der Waals surface area contributed by atoms with Crippen LogP contribution in [0.2, 0.25) is 5.02 Å². The molecule has 2 aromatic heterocycles. The summed E-state index contributed by atoms with van der Waals surface area (Å²) in [5.74, 6) is 2.30. The van der Waals surface area contributed by atoms with Crippen LogP contribution in [0.15, 0.2) is 46.6 Å². The molecule has 3 heterocycles. The SMILES string of the molecule is COc1cccc2c1C(N)C1(CCN(c3cnc(Sc4ccnc(N)c4Cl)c(N)n3)CC1)C2. The number of pyridine rings is 1. The average Bonchev–Trinajstić information content (AvgIpc) is 3.10. The first-order chi connectivity index (χ1) is 15.9. The van der Waals surface area contributed by atoms with Gasteiger partial charge in [0.2, 0.25) is 0 Å². The van der Waals surface area contributed by atoms with Crippen LogP contribution in [-0.4, -0.2) is 35.2 Å². The maximum atomic E-state index is 6.78. The highest BCUT2D eigenvalue weighted by Gasteiger charge is 2.47. The van der Waals surface area contributed by atoms with Crippen LogP contribution in [0.4, 0.5) is 17.5 Å². The molecular formula is C23H26ClN7OS. The average molecular weight is 484 g/mol. The number of piperidine rings is 1. The number of rotatable bonds is 4. The van der Waals surface area contributed by atoms with Gasteiger partial charge in [-0.3, -0.25) is 0 Å². The van der Waals surface area contributed by atoms with E-state index in [4.69, 9.17) is 33.5 Å². The lowest BCUT2D eigenvalue weighted by Crippen LogP contribution is -2.44. The molecule has 33 heavy (non-hydrogen) atoms. The molecule has 0 saturated carbocycles. The molecule has 10 heteroatoms. The van der Waals surface area contributed by atoms with Crippen molar-refractivity contribution < 1.29 is 4.74 Å². The van der Waals surface area contributed by atoms with Gasteiger partial charge in [0, 0.05) is 35.8 Å². The van der Waals surface area contributed by atoms with E-state index in [9.17, 15) is 0 Å². The highest BCUT2D eigenvalue weighted by molar-refractivity contribution is 7.99. The van der Waals surface area contributed by atoms with Gasteiger partial charge >= 0.3 is 0 Å². The van der Waals surface area contributed by atoms with Crippen molar-refractivity contribution in [2.75, 3.05) is 36.6 Å². The maximum Gasteiger partial charge on any atom is 0.158 e. The molecule has 1 fully saturated rings. The molecule has 1 atom stereocenters. The van der Waals surface area contributed by atoms with E-state index in [1.54, 1.807) is 25.6 Å². The van der Waals surface area contributed by atoms with E-state index in [1.807, 2.05) is 12.1 Å². The summed E-state index contributed by atoms with van der Waals surface area (Å²) < 4.78 is 5.59.